The van der Waals surface area contributed by atoms with Gasteiger partial charge in [-0.1, -0.05) is 13.8 Å². The van der Waals surface area contributed by atoms with Crippen molar-refractivity contribution in [2.24, 2.45) is 0 Å². The van der Waals surface area contributed by atoms with Crippen LogP contribution in [-0.2, 0) is 11.3 Å². The van der Waals surface area contributed by atoms with Crippen LogP contribution in [0.25, 0.3) is 15.9 Å². The van der Waals surface area contributed by atoms with Crippen LogP contribution in [0.5, 0.6) is 0 Å². The lowest BCUT2D eigenvalue weighted by atomic mass is 10.1. The zero-order valence-electron chi connectivity index (χ0n) is 16.9. The molecule has 1 fully saturated rings. The molecule has 0 unspecified atom stereocenters. The molecule has 0 spiro atoms. The number of anilines is 1. The van der Waals surface area contributed by atoms with Crippen molar-refractivity contribution in [2.45, 2.75) is 52.0 Å². The fraction of sp³-hybridized carbons (Fsp3) is 0.400. The lowest BCUT2D eigenvalue weighted by Gasteiger charge is -2.11. The Hall–Kier alpha value is -3.14. The summed E-state index contributed by atoms with van der Waals surface area (Å²) in [5.74, 6) is 0.999. The van der Waals surface area contributed by atoms with Gasteiger partial charge in [-0.25, -0.2) is 9.67 Å². The van der Waals surface area contributed by atoms with Crippen LogP contribution in [0, 0.1) is 6.92 Å². The van der Waals surface area contributed by atoms with Crippen molar-refractivity contribution in [1.29, 1.82) is 0 Å². The van der Waals surface area contributed by atoms with E-state index < -0.39 is 0 Å². The number of carbonyl (C=O) groups is 1. The monoisotopic (exact) mass is 423 g/mol. The smallest absolute Gasteiger partial charge is 0.286 e. The zero-order valence-corrected chi connectivity index (χ0v) is 17.7. The predicted molar refractivity (Wildman–Crippen MR) is 114 cm³/mol. The Morgan fingerprint density at radius 2 is 2.13 bits per heavy atom. The molecule has 0 bridgehead atoms. The van der Waals surface area contributed by atoms with Crippen LogP contribution in [-0.4, -0.2) is 35.3 Å². The Kier molecular flexibility index (Phi) is 4.39. The number of nitrogens with one attached hydrogen (secondary N) is 1. The highest BCUT2D eigenvalue weighted by Crippen LogP contribution is 2.43. The number of pyridine rings is 1. The summed E-state index contributed by atoms with van der Waals surface area (Å²) in [5, 5.41) is 16.4. The van der Waals surface area contributed by atoms with Gasteiger partial charge in [0, 0.05) is 23.9 Å². The van der Waals surface area contributed by atoms with Gasteiger partial charge in [-0.05, 0) is 31.7 Å². The summed E-state index contributed by atoms with van der Waals surface area (Å²) >= 11 is 1.44. The van der Waals surface area contributed by atoms with E-state index >= 15 is 0 Å². The van der Waals surface area contributed by atoms with Gasteiger partial charge in [-0.15, -0.1) is 21.5 Å². The Labute approximate surface area is 175 Å². The number of hydrogen-bond donors (Lipinski definition) is 1. The molecule has 5 rings (SSSR count). The van der Waals surface area contributed by atoms with Crippen LogP contribution < -0.4 is 10.9 Å². The summed E-state index contributed by atoms with van der Waals surface area (Å²) in [4.78, 5) is 30.3. The lowest BCUT2D eigenvalue weighted by Crippen LogP contribution is -2.30. The standard InChI is InChI=1S/C20H21N7O2S/c1-10(2)16-17-18(30-19(22-17)12-4-5-12)20(29)27(25-16)9-15(28)21-13-6-7-26-11(3)23-24-14(26)8-13/h6-8,10,12H,4-5,9H2,1-3H3,(H,21,28). The van der Waals surface area contributed by atoms with Crippen molar-refractivity contribution in [3.8, 4) is 0 Å². The average Bonchev–Trinajstić information content (AvgIpc) is 3.36. The maximum Gasteiger partial charge on any atom is 0.286 e. The normalized spacial score (nSPS) is 14.1. The van der Waals surface area contributed by atoms with Gasteiger partial charge in [0.15, 0.2) is 5.65 Å². The highest BCUT2D eigenvalue weighted by Gasteiger charge is 2.29. The Balaban J connectivity index is 1.45. The van der Waals surface area contributed by atoms with E-state index in [1.165, 1.54) is 16.0 Å². The molecule has 10 heteroatoms. The van der Waals surface area contributed by atoms with Gasteiger partial charge in [0.2, 0.25) is 5.91 Å². The molecular formula is C20H21N7O2S. The molecule has 0 aromatic carbocycles. The molecular weight excluding hydrogens is 402 g/mol. The number of thiazole rings is 1. The predicted octanol–water partition coefficient (Wildman–Crippen LogP) is 2.84. The highest BCUT2D eigenvalue weighted by atomic mass is 32.1. The van der Waals surface area contributed by atoms with E-state index in [9.17, 15) is 9.59 Å². The van der Waals surface area contributed by atoms with Crippen molar-refractivity contribution >= 4 is 38.8 Å². The molecule has 1 saturated carbocycles. The first-order valence-electron chi connectivity index (χ1n) is 9.93. The first kappa shape index (κ1) is 18.9. The number of aromatic nitrogens is 6. The lowest BCUT2D eigenvalue weighted by molar-refractivity contribution is -0.117. The van der Waals surface area contributed by atoms with E-state index in [2.05, 4.69) is 20.6 Å². The number of nitrogens with zero attached hydrogens (tertiary/aromatic N) is 6. The van der Waals surface area contributed by atoms with Gasteiger partial charge in [0.05, 0.1) is 10.7 Å². The molecule has 0 radical (unpaired) electrons. The molecule has 1 amide bonds. The summed E-state index contributed by atoms with van der Waals surface area (Å²) in [5.41, 5.74) is 2.40. The van der Waals surface area contributed by atoms with Crippen molar-refractivity contribution in [3.05, 3.63) is 45.2 Å². The second-order valence-corrected chi connectivity index (χ2v) is 8.98. The highest BCUT2D eigenvalue weighted by molar-refractivity contribution is 7.18. The molecule has 30 heavy (non-hydrogen) atoms. The van der Waals surface area contributed by atoms with Gasteiger partial charge >= 0.3 is 0 Å². The minimum absolute atomic E-state index is 0.0927. The maximum atomic E-state index is 13.0. The van der Waals surface area contributed by atoms with E-state index in [0.29, 0.717) is 27.5 Å². The van der Waals surface area contributed by atoms with E-state index in [-0.39, 0.29) is 23.9 Å². The van der Waals surface area contributed by atoms with Crippen molar-refractivity contribution < 1.29 is 4.79 Å². The third-order valence-corrected chi connectivity index (χ3v) is 6.38. The number of aryl methyl sites for hydroxylation is 1. The summed E-state index contributed by atoms with van der Waals surface area (Å²) in [6.07, 6.45) is 4.04. The molecule has 9 nitrogen and oxygen atoms in total. The van der Waals surface area contributed by atoms with Crippen LogP contribution in [0.3, 0.4) is 0 Å². The molecule has 0 atom stereocenters. The van der Waals surface area contributed by atoms with Gasteiger partial charge in [0.1, 0.15) is 22.6 Å². The SMILES string of the molecule is Cc1nnc2cc(NC(=O)Cn3nc(C(C)C)c4nc(C5CC5)sc4c3=O)ccn12. The Morgan fingerprint density at radius 1 is 1.33 bits per heavy atom. The summed E-state index contributed by atoms with van der Waals surface area (Å²) < 4.78 is 3.66. The zero-order chi connectivity index (χ0) is 21.0. The molecule has 4 aromatic heterocycles. The van der Waals surface area contributed by atoms with E-state index in [1.807, 2.05) is 25.2 Å². The first-order valence-corrected chi connectivity index (χ1v) is 10.7. The van der Waals surface area contributed by atoms with E-state index in [4.69, 9.17) is 4.98 Å². The molecule has 1 aliphatic carbocycles. The molecule has 1 N–H and O–H groups in total. The van der Waals surface area contributed by atoms with E-state index in [1.54, 1.807) is 18.3 Å². The molecule has 4 aromatic rings. The van der Waals surface area contributed by atoms with Crippen LogP contribution in [0.4, 0.5) is 5.69 Å². The molecule has 0 saturated heterocycles. The number of amides is 1. The quantitative estimate of drug-likeness (QED) is 0.529. The van der Waals surface area contributed by atoms with Crippen LogP contribution in [0.2, 0.25) is 0 Å². The number of rotatable bonds is 5. The van der Waals surface area contributed by atoms with Crippen molar-refractivity contribution in [2.75, 3.05) is 5.32 Å². The van der Waals surface area contributed by atoms with Crippen molar-refractivity contribution in [1.82, 2.24) is 29.4 Å². The van der Waals surface area contributed by atoms with Crippen molar-refractivity contribution in [3.63, 3.8) is 0 Å². The largest absolute Gasteiger partial charge is 0.324 e. The average molecular weight is 424 g/mol. The molecule has 154 valence electrons. The first-order chi connectivity index (χ1) is 14.4. The third kappa shape index (κ3) is 3.26. The third-order valence-electron chi connectivity index (χ3n) is 5.17. The topological polar surface area (TPSA) is 107 Å². The van der Waals surface area contributed by atoms with Gasteiger partial charge in [-0.3, -0.25) is 14.0 Å². The second-order valence-electron chi connectivity index (χ2n) is 7.95. The number of carbonyl (C=O) groups excluding carboxylic acids is 1. The van der Waals surface area contributed by atoms with Crippen LogP contribution in [0.1, 0.15) is 55.1 Å². The van der Waals surface area contributed by atoms with Gasteiger partial charge in [0.25, 0.3) is 5.56 Å². The van der Waals surface area contributed by atoms with E-state index in [0.717, 1.165) is 29.4 Å². The summed E-state index contributed by atoms with van der Waals surface area (Å²) in [6, 6.07) is 3.51. The maximum absolute atomic E-state index is 13.0. The summed E-state index contributed by atoms with van der Waals surface area (Å²) in [6.45, 7) is 5.72. The Bertz CT molecular complexity index is 1350. The number of fused-ring (bicyclic) bond motifs is 2. The van der Waals surface area contributed by atoms with Gasteiger partial charge in [-0.2, -0.15) is 5.10 Å². The molecule has 4 heterocycles. The number of hydrogen-bond acceptors (Lipinski definition) is 7. The second kappa shape index (κ2) is 6.98. The minimum Gasteiger partial charge on any atom is -0.324 e. The minimum atomic E-state index is -0.328. The van der Waals surface area contributed by atoms with Crippen LogP contribution >= 0.6 is 11.3 Å². The molecule has 0 aliphatic heterocycles. The summed E-state index contributed by atoms with van der Waals surface area (Å²) in [7, 11) is 0. The Morgan fingerprint density at radius 3 is 2.87 bits per heavy atom. The fourth-order valence-corrected chi connectivity index (χ4v) is 4.61. The van der Waals surface area contributed by atoms with Gasteiger partial charge < -0.3 is 5.32 Å². The molecule has 1 aliphatic rings. The fourth-order valence-electron chi connectivity index (χ4n) is 3.42. The van der Waals surface area contributed by atoms with Crippen LogP contribution in [0.15, 0.2) is 23.1 Å².